The molecule has 1 aliphatic heterocycles. The molecule has 1 N–H and O–H groups in total. The molecular formula is C21H26ClNO2. The van der Waals surface area contributed by atoms with Gasteiger partial charge in [-0.1, -0.05) is 54.1 Å². The lowest BCUT2D eigenvalue weighted by molar-refractivity contribution is 0.0551. The smallest absolute Gasteiger partial charge is 0.138 e. The van der Waals surface area contributed by atoms with Crippen molar-refractivity contribution in [2.75, 3.05) is 26.2 Å². The highest BCUT2D eigenvalue weighted by molar-refractivity contribution is 6.32. The topological polar surface area (TPSA) is 32.7 Å². The minimum Gasteiger partial charge on any atom is -0.489 e. The van der Waals surface area contributed by atoms with Gasteiger partial charge in [0.2, 0.25) is 0 Å². The maximum atomic E-state index is 10.2. The Morgan fingerprint density at radius 3 is 2.44 bits per heavy atom. The van der Waals surface area contributed by atoms with Gasteiger partial charge >= 0.3 is 0 Å². The Morgan fingerprint density at radius 2 is 1.72 bits per heavy atom. The van der Waals surface area contributed by atoms with E-state index >= 15 is 0 Å². The van der Waals surface area contributed by atoms with Crippen molar-refractivity contribution in [2.24, 2.45) is 5.92 Å². The number of rotatable bonds is 7. The Balaban J connectivity index is 1.37. The van der Waals surface area contributed by atoms with Crippen LogP contribution in [0.25, 0.3) is 0 Å². The van der Waals surface area contributed by atoms with Crippen LogP contribution in [0.5, 0.6) is 5.75 Å². The summed E-state index contributed by atoms with van der Waals surface area (Å²) < 4.78 is 5.63. The summed E-state index contributed by atoms with van der Waals surface area (Å²) in [6.45, 7) is 3.01. The van der Waals surface area contributed by atoms with Crippen molar-refractivity contribution in [1.82, 2.24) is 4.90 Å². The number of piperidine rings is 1. The maximum absolute atomic E-state index is 10.2. The SMILES string of the molecule is O[C@@H](COc1ccccc1Cl)CN1CCC(Cc2ccccc2)CC1. The molecule has 0 bridgehead atoms. The zero-order valence-electron chi connectivity index (χ0n) is 14.5. The average molecular weight is 360 g/mol. The fourth-order valence-electron chi connectivity index (χ4n) is 3.42. The van der Waals surface area contributed by atoms with Crippen molar-refractivity contribution < 1.29 is 9.84 Å². The van der Waals surface area contributed by atoms with Crippen LogP contribution >= 0.6 is 11.6 Å². The van der Waals surface area contributed by atoms with E-state index < -0.39 is 6.10 Å². The van der Waals surface area contributed by atoms with Gasteiger partial charge in [-0.3, -0.25) is 0 Å². The number of hydrogen-bond acceptors (Lipinski definition) is 3. The van der Waals surface area contributed by atoms with Gasteiger partial charge in [0.25, 0.3) is 0 Å². The van der Waals surface area contributed by atoms with Crippen LogP contribution in [0, 0.1) is 5.92 Å². The van der Waals surface area contributed by atoms with E-state index in [-0.39, 0.29) is 6.61 Å². The third-order valence-electron chi connectivity index (χ3n) is 4.81. The molecule has 25 heavy (non-hydrogen) atoms. The number of halogens is 1. The van der Waals surface area contributed by atoms with Gasteiger partial charge < -0.3 is 14.7 Å². The van der Waals surface area contributed by atoms with E-state index in [2.05, 4.69) is 35.2 Å². The Hall–Kier alpha value is -1.55. The van der Waals surface area contributed by atoms with Gasteiger partial charge in [-0.05, 0) is 56.0 Å². The summed E-state index contributed by atoms with van der Waals surface area (Å²) >= 11 is 6.07. The molecule has 2 aromatic carbocycles. The summed E-state index contributed by atoms with van der Waals surface area (Å²) in [5, 5.41) is 10.8. The molecule has 0 unspecified atom stereocenters. The van der Waals surface area contributed by atoms with Gasteiger partial charge in [-0.2, -0.15) is 0 Å². The maximum Gasteiger partial charge on any atom is 0.138 e. The first-order chi connectivity index (χ1) is 12.2. The van der Waals surface area contributed by atoms with Crippen molar-refractivity contribution in [1.29, 1.82) is 0 Å². The normalized spacial score (nSPS) is 17.4. The number of benzene rings is 2. The third-order valence-corrected chi connectivity index (χ3v) is 5.12. The van der Waals surface area contributed by atoms with Crippen LogP contribution in [-0.2, 0) is 6.42 Å². The molecule has 3 rings (SSSR count). The largest absolute Gasteiger partial charge is 0.489 e. The van der Waals surface area contributed by atoms with Crippen LogP contribution in [0.2, 0.25) is 5.02 Å². The van der Waals surface area contributed by atoms with Crippen LogP contribution in [0.3, 0.4) is 0 Å². The summed E-state index contributed by atoms with van der Waals surface area (Å²) in [5.41, 5.74) is 1.43. The van der Waals surface area contributed by atoms with E-state index in [1.165, 1.54) is 18.4 Å². The van der Waals surface area contributed by atoms with Crippen molar-refractivity contribution in [3.8, 4) is 5.75 Å². The van der Waals surface area contributed by atoms with Crippen molar-refractivity contribution in [3.63, 3.8) is 0 Å². The number of nitrogens with zero attached hydrogens (tertiary/aromatic N) is 1. The molecule has 2 aromatic rings. The second kappa shape index (κ2) is 9.23. The minimum absolute atomic E-state index is 0.272. The summed E-state index contributed by atoms with van der Waals surface area (Å²) in [4.78, 5) is 2.34. The standard InChI is InChI=1S/C21H26ClNO2/c22-20-8-4-5-9-21(20)25-16-19(24)15-23-12-10-18(11-13-23)14-17-6-2-1-3-7-17/h1-9,18-19,24H,10-16H2/t19-/m1/s1. The van der Waals surface area contributed by atoms with E-state index in [1.807, 2.05) is 18.2 Å². The summed E-state index contributed by atoms with van der Waals surface area (Å²) in [6, 6.07) is 18.1. The van der Waals surface area contributed by atoms with E-state index in [0.29, 0.717) is 17.3 Å². The zero-order valence-corrected chi connectivity index (χ0v) is 15.2. The van der Waals surface area contributed by atoms with E-state index in [4.69, 9.17) is 16.3 Å². The molecule has 1 heterocycles. The number of likely N-dealkylation sites (tertiary alicyclic amines) is 1. The van der Waals surface area contributed by atoms with Crippen molar-refractivity contribution in [3.05, 3.63) is 65.2 Å². The quantitative estimate of drug-likeness (QED) is 0.810. The van der Waals surface area contributed by atoms with Gasteiger partial charge in [0.05, 0.1) is 5.02 Å². The molecular weight excluding hydrogens is 334 g/mol. The van der Waals surface area contributed by atoms with Crippen LogP contribution in [-0.4, -0.2) is 42.4 Å². The molecule has 1 aliphatic rings. The lowest BCUT2D eigenvalue weighted by Gasteiger charge is -2.33. The molecule has 0 aliphatic carbocycles. The highest BCUT2D eigenvalue weighted by Crippen LogP contribution is 2.24. The highest BCUT2D eigenvalue weighted by Gasteiger charge is 2.21. The molecule has 3 nitrogen and oxygen atoms in total. The third kappa shape index (κ3) is 5.74. The average Bonchev–Trinajstić information content (AvgIpc) is 2.64. The molecule has 1 fully saturated rings. The first kappa shape index (κ1) is 18.2. The zero-order chi connectivity index (χ0) is 17.5. The molecule has 0 spiro atoms. The molecule has 0 amide bonds. The fraction of sp³-hybridized carbons (Fsp3) is 0.429. The molecule has 134 valence electrons. The number of aliphatic hydroxyl groups excluding tert-OH is 1. The lowest BCUT2D eigenvalue weighted by Crippen LogP contribution is -2.41. The Kier molecular flexibility index (Phi) is 6.74. The van der Waals surface area contributed by atoms with Crippen LogP contribution in [0.4, 0.5) is 0 Å². The molecule has 0 radical (unpaired) electrons. The summed E-state index contributed by atoms with van der Waals surface area (Å²) in [6.07, 6.45) is 3.04. The van der Waals surface area contributed by atoms with Gasteiger partial charge in [0.1, 0.15) is 18.5 Å². The highest BCUT2D eigenvalue weighted by atomic mass is 35.5. The second-order valence-electron chi connectivity index (χ2n) is 6.83. The monoisotopic (exact) mass is 359 g/mol. The molecule has 0 aromatic heterocycles. The first-order valence-electron chi connectivity index (χ1n) is 9.02. The predicted octanol–water partition coefficient (Wildman–Crippen LogP) is 4.03. The van der Waals surface area contributed by atoms with Crippen LogP contribution in [0.15, 0.2) is 54.6 Å². The van der Waals surface area contributed by atoms with Gasteiger partial charge in [0.15, 0.2) is 0 Å². The number of β-amino-alcohol motifs (C(OH)–C–C–N with tert-alkyl or cyclic N) is 1. The summed E-state index contributed by atoms with van der Waals surface area (Å²) in [7, 11) is 0. The number of hydrogen-bond donors (Lipinski definition) is 1. The Morgan fingerprint density at radius 1 is 1.04 bits per heavy atom. The van der Waals surface area contributed by atoms with Crippen LogP contribution in [0.1, 0.15) is 18.4 Å². The Bertz CT molecular complexity index is 641. The van der Waals surface area contributed by atoms with E-state index in [9.17, 15) is 5.11 Å². The van der Waals surface area contributed by atoms with Crippen LogP contribution < -0.4 is 4.74 Å². The lowest BCUT2D eigenvalue weighted by atomic mass is 9.90. The van der Waals surface area contributed by atoms with Crippen molar-refractivity contribution in [2.45, 2.75) is 25.4 Å². The number of ether oxygens (including phenoxy) is 1. The minimum atomic E-state index is -0.498. The second-order valence-corrected chi connectivity index (χ2v) is 7.24. The Labute approximate surface area is 155 Å². The van der Waals surface area contributed by atoms with Gasteiger partial charge in [0, 0.05) is 6.54 Å². The van der Waals surface area contributed by atoms with E-state index in [1.54, 1.807) is 6.07 Å². The van der Waals surface area contributed by atoms with Gasteiger partial charge in [-0.15, -0.1) is 0 Å². The molecule has 1 atom stereocenters. The van der Waals surface area contributed by atoms with Gasteiger partial charge in [-0.25, -0.2) is 0 Å². The number of aliphatic hydroxyl groups is 1. The van der Waals surface area contributed by atoms with Crippen molar-refractivity contribution >= 4 is 11.6 Å². The molecule has 1 saturated heterocycles. The molecule has 0 saturated carbocycles. The first-order valence-corrected chi connectivity index (χ1v) is 9.40. The van der Waals surface area contributed by atoms with E-state index in [0.717, 1.165) is 25.4 Å². The predicted molar refractivity (Wildman–Crippen MR) is 102 cm³/mol. The number of para-hydroxylation sites is 1. The summed E-state index contributed by atoms with van der Waals surface area (Å²) in [5.74, 6) is 1.37. The molecule has 4 heteroatoms. The fourth-order valence-corrected chi connectivity index (χ4v) is 3.61.